The lowest BCUT2D eigenvalue weighted by Crippen LogP contribution is -2.44. The Morgan fingerprint density at radius 2 is 2.33 bits per heavy atom. The number of likely N-dealkylation sites (tertiary alicyclic amines) is 1. The molecule has 1 aliphatic heterocycles. The first-order chi connectivity index (χ1) is 8.74. The molecule has 0 atom stereocenters. The standard InChI is InChI=1S/C13H19N3O2/c1-16-7-4-11(5-8-16)15-13(17)10-18-12-3-2-6-14-9-12/h2-3,6,9,11H,4-5,7-8,10H2,1H3,(H,15,17). The molecule has 98 valence electrons. The molecule has 2 heterocycles. The van der Waals surface area contributed by atoms with E-state index in [0.717, 1.165) is 25.9 Å². The van der Waals surface area contributed by atoms with Gasteiger partial charge >= 0.3 is 0 Å². The summed E-state index contributed by atoms with van der Waals surface area (Å²) in [5.74, 6) is 0.560. The number of rotatable bonds is 4. The van der Waals surface area contributed by atoms with E-state index in [2.05, 4.69) is 22.2 Å². The van der Waals surface area contributed by atoms with Crippen LogP contribution in [0.3, 0.4) is 0 Å². The van der Waals surface area contributed by atoms with Gasteiger partial charge in [0.25, 0.3) is 5.91 Å². The van der Waals surface area contributed by atoms with Gasteiger partial charge in [-0.05, 0) is 45.1 Å². The number of pyridine rings is 1. The molecule has 5 nitrogen and oxygen atoms in total. The van der Waals surface area contributed by atoms with E-state index < -0.39 is 0 Å². The Hall–Kier alpha value is -1.62. The molecule has 0 bridgehead atoms. The van der Waals surface area contributed by atoms with Crippen molar-refractivity contribution in [2.45, 2.75) is 18.9 Å². The van der Waals surface area contributed by atoms with E-state index in [0.29, 0.717) is 5.75 Å². The van der Waals surface area contributed by atoms with Crippen LogP contribution in [0.1, 0.15) is 12.8 Å². The molecule has 0 unspecified atom stereocenters. The zero-order valence-electron chi connectivity index (χ0n) is 10.6. The van der Waals surface area contributed by atoms with Crippen LogP contribution in [0.15, 0.2) is 24.5 Å². The number of piperidine rings is 1. The smallest absolute Gasteiger partial charge is 0.258 e. The van der Waals surface area contributed by atoms with Crippen molar-refractivity contribution in [2.75, 3.05) is 26.7 Å². The van der Waals surface area contributed by atoms with Crippen molar-refractivity contribution in [3.63, 3.8) is 0 Å². The molecular weight excluding hydrogens is 230 g/mol. The zero-order valence-corrected chi connectivity index (χ0v) is 10.6. The zero-order chi connectivity index (χ0) is 12.8. The summed E-state index contributed by atoms with van der Waals surface area (Å²) < 4.78 is 5.35. The Morgan fingerprint density at radius 1 is 1.56 bits per heavy atom. The Balaban J connectivity index is 1.69. The first kappa shape index (κ1) is 12.8. The van der Waals surface area contributed by atoms with E-state index in [-0.39, 0.29) is 18.6 Å². The fourth-order valence-electron chi connectivity index (χ4n) is 2.00. The van der Waals surface area contributed by atoms with Crippen molar-refractivity contribution in [1.82, 2.24) is 15.2 Å². The summed E-state index contributed by atoms with van der Waals surface area (Å²) in [7, 11) is 2.10. The number of hydrogen-bond acceptors (Lipinski definition) is 4. The fourth-order valence-corrected chi connectivity index (χ4v) is 2.00. The van der Waals surface area contributed by atoms with E-state index in [1.165, 1.54) is 0 Å². The minimum Gasteiger partial charge on any atom is -0.482 e. The molecule has 0 radical (unpaired) electrons. The monoisotopic (exact) mass is 249 g/mol. The highest BCUT2D eigenvalue weighted by molar-refractivity contribution is 5.77. The van der Waals surface area contributed by atoms with Crippen molar-refractivity contribution in [3.05, 3.63) is 24.5 Å². The topological polar surface area (TPSA) is 54.5 Å². The molecule has 0 saturated carbocycles. The molecule has 2 rings (SSSR count). The number of aromatic nitrogens is 1. The van der Waals surface area contributed by atoms with Gasteiger partial charge in [-0.1, -0.05) is 0 Å². The predicted molar refractivity (Wildman–Crippen MR) is 68.4 cm³/mol. The van der Waals surface area contributed by atoms with Gasteiger partial charge < -0.3 is 15.0 Å². The molecular formula is C13H19N3O2. The fraction of sp³-hybridized carbons (Fsp3) is 0.538. The lowest BCUT2D eigenvalue weighted by molar-refractivity contribution is -0.124. The van der Waals surface area contributed by atoms with Crippen molar-refractivity contribution in [2.24, 2.45) is 0 Å². The van der Waals surface area contributed by atoms with Gasteiger partial charge in [-0.25, -0.2) is 0 Å². The van der Waals surface area contributed by atoms with Gasteiger partial charge in [0.05, 0.1) is 6.20 Å². The first-order valence-corrected chi connectivity index (χ1v) is 6.25. The molecule has 1 saturated heterocycles. The lowest BCUT2D eigenvalue weighted by Gasteiger charge is -2.29. The molecule has 1 N–H and O–H groups in total. The van der Waals surface area contributed by atoms with Crippen molar-refractivity contribution < 1.29 is 9.53 Å². The third-order valence-electron chi connectivity index (χ3n) is 3.09. The summed E-state index contributed by atoms with van der Waals surface area (Å²) in [4.78, 5) is 17.9. The average molecular weight is 249 g/mol. The van der Waals surface area contributed by atoms with Crippen molar-refractivity contribution in [3.8, 4) is 5.75 Å². The van der Waals surface area contributed by atoms with E-state index in [9.17, 15) is 4.79 Å². The molecule has 1 fully saturated rings. The quantitative estimate of drug-likeness (QED) is 0.852. The van der Waals surface area contributed by atoms with Crippen LogP contribution in [0.25, 0.3) is 0 Å². The second kappa shape index (κ2) is 6.35. The Morgan fingerprint density at radius 3 is 3.00 bits per heavy atom. The predicted octanol–water partition coefficient (Wildman–Crippen LogP) is 0.671. The number of nitrogens with one attached hydrogen (secondary N) is 1. The average Bonchev–Trinajstić information content (AvgIpc) is 2.40. The van der Waals surface area contributed by atoms with Gasteiger partial charge in [0, 0.05) is 12.2 Å². The SMILES string of the molecule is CN1CCC(NC(=O)COc2cccnc2)CC1. The minimum absolute atomic E-state index is 0.0536. The number of carbonyl (C=O) groups excluding carboxylic acids is 1. The van der Waals surface area contributed by atoms with E-state index in [4.69, 9.17) is 4.74 Å². The maximum Gasteiger partial charge on any atom is 0.258 e. The molecule has 1 aromatic rings. The van der Waals surface area contributed by atoms with Gasteiger partial charge in [-0.3, -0.25) is 9.78 Å². The van der Waals surface area contributed by atoms with Crippen LogP contribution in [0.4, 0.5) is 0 Å². The Kier molecular flexibility index (Phi) is 4.52. The molecule has 0 spiro atoms. The summed E-state index contributed by atoms with van der Waals surface area (Å²) in [5.41, 5.74) is 0. The molecule has 0 aromatic carbocycles. The van der Waals surface area contributed by atoms with Crippen molar-refractivity contribution in [1.29, 1.82) is 0 Å². The first-order valence-electron chi connectivity index (χ1n) is 6.25. The highest BCUT2D eigenvalue weighted by Gasteiger charge is 2.18. The maximum absolute atomic E-state index is 11.7. The highest BCUT2D eigenvalue weighted by atomic mass is 16.5. The Bertz CT molecular complexity index is 375. The highest BCUT2D eigenvalue weighted by Crippen LogP contribution is 2.08. The summed E-state index contributed by atoms with van der Waals surface area (Å²) in [6.07, 6.45) is 5.29. The van der Waals surface area contributed by atoms with Gasteiger partial charge in [0.1, 0.15) is 5.75 Å². The van der Waals surface area contributed by atoms with Gasteiger partial charge in [-0.15, -0.1) is 0 Å². The van der Waals surface area contributed by atoms with Crippen LogP contribution < -0.4 is 10.1 Å². The second-order valence-corrected chi connectivity index (χ2v) is 4.62. The minimum atomic E-state index is -0.0617. The summed E-state index contributed by atoms with van der Waals surface area (Å²) in [6, 6.07) is 3.85. The molecule has 18 heavy (non-hydrogen) atoms. The third-order valence-corrected chi connectivity index (χ3v) is 3.09. The molecule has 1 aliphatic rings. The normalized spacial score (nSPS) is 17.4. The molecule has 1 amide bonds. The van der Waals surface area contributed by atoms with Gasteiger partial charge in [0.2, 0.25) is 0 Å². The number of amides is 1. The van der Waals surface area contributed by atoms with Crippen LogP contribution >= 0.6 is 0 Å². The van der Waals surface area contributed by atoms with Gasteiger partial charge in [0.15, 0.2) is 6.61 Å². The molecule has 0 aliphatic carbocycles. The second-order valence-electron chi connectivity index (χ2n) is 4.62. The van der Waals surface area contributed by atoms with Crippen LogP contribution in [-0.4, -0.2) is 48.6 Å². The maximum atomic E-state index is 11.7. The van der Waals surface area contributed by atoms with Crippen molar-refractivity contribution >= 4 is 5.91 Å². The van der Waals surface area contributed by atoms with E-state index in [1.807, 2.05) is 0 Å². The number of nitrogens with zero attached hydrogens (tertiary/aromatic N) is 2. The molecule has 5 heteroatoms. The number of ether oxygens (including phenoxy) is 1. The summed E-state index contributed by atoms with van der Waals surface area (Å²) in [6.45, 7) is 2.13. The summed E-state index contributed by atoms with van der Waals surface area (Å²) >= 11 is 0. The third kappa shape index (κ3) is 4.00. The largest absolute Gasteiger partial charge is 0.482 e. The summed E-state index contributed by atoms with van der Waals surface area (Å²) in [5, 5.41) is 3.00. The van der Waals surface area contributed by atoms with Gasteiger partial charge in [-0.2, -0.15) is 0 Å². The Labute approximate surface area is 107 Å². The van der Waals surface area contributed by atoms with Crippen LogP contribution in [0.2, 0.25) is 0 Å². The van der Waals surface area contributed by atoms with Crippen LogP contribution in [0, 0.1) is 0 Å². The lowest BCUT2D eigenvalue weighted by atomic mass is 10.1. The van der Waals surface area contributed by atoms with Crippen LogP contribution in [-0.2, 0) is 4.79 Å². The molecule has 1 aromatic heterocycles. The van der Waals surface area contributed by atoms with E-state index in [1.54, 1.807) is 24.5 Å². The number of hydrogen-bond donors (Lipinski definition) is 1. The van der Waals surface area contributed by atoms with E-state index >= 15 is 0 Å². The van der Waals surface area contributed by atoms with Crippen LogP contribution in [0.5, 0.6) is 5.75 Å². The number of carbonyl (C=O) groups is 1.